The molecule has 3 N–H and O–H groups in total. The Morgan fingerprint density at radius 2 is 2.10 bits per heavy atom. The topological polar surface area (TPSA) is 78.4 Å². The summed E-state index contributed by atoms with van der Waals surface area (Å²) < 4.78 is 13.0. The molecule has 7 heteroatoms. The van der Waals surface area contributed by atoms with Gasteiger partial charge in [0, 0.05) is 18.3 Å². The summed E-state index contributed by atoms with van der Waals surface area (Å²) in [5, 5.41) is 13.8. The summed E-state index contributed by atoms with van der Waals surface area (Å²) in [5.74, 6) is -1.90. The van der Waals surface area contributed by atoms with E-state index in [0.29, 0.717) is 12.3 Å². The number of hydrogen-bond acceptors (Lipinski definition) is 3. The Hall–Kier alpha value is -1.66. The van der Waals surface area contributed by atoms with E-state index in [1.165, 1.54) is 12.1 Å². The van der Waals surface area contributed by atoms with E-state index in [2.05, 4.69) is 10.6 Å². The summed E-state index contributed by atoms with van der Waals surface area (Å²) in [6.45, 7) is -0.0450. The minimum atomic E-state index is -0.846. The lowest BCUT2D eigenvalue weighted by Crippen LogP contribution is -2.43. The molecule has 0 bridgehead atoms. The highest BCUT2D eigenvalue weighted by atomic mass is 35.5. The van der Waals surface area contributed by atoms with Gasteiger partial charge in [0.25, 0.3) is 0 Å². The molecule has 2 rings (SSSR count). The maximum absolute atomic E-state index is 13.0. The third-order valence-electron chi connectivity index (χ3n) is 3.33. The lowest BCUT2D eigenvalue weighted by Gasteiger charge is -2.16. The average molecular weight is 315 g/mol. The second kappa shape index (κ2) is 6.87. The molecule has 0 spiro atoms. The van der Waals surface area contributed by atoms with Gasteiger partial charge in [0.05, 0.1) is 5.02 Å². The quantitative estimate of drug-likeness (QED) is 0.724. The number of hydrogen-bond donors (Lipinski definition) is 3. The Kier molecular flexibility index (Phi) is 5.14. The molecule has 0 aromatic heterocycles. The number of halogens is 2. The summed E-state index contributed by atoms with van der Waals surface area (Å²) in [5.41, 5.74) is 0.242. The largest absolute Gasteiger partial charge is 0.396 e. The van der Waals surface area contributed by atoms with Crippen molar-refractivity contribution in [1.82, 2.24) is 5.32 Å². The maximum Gasteiger partial charge on any atom is 0.313 e. The van der Waals surface area contributed by atoms with Crippen LogP contribution in [0.15, 0.2) is 18.2 Å². The van der Waals surface area contributed by atoms with Gasteiger partial charge in [-0.1, -0.05) is 11.6 Å². The van der Waals surface area contributed by atoms with Gasteiger partial charge in [0.15, 0.2) is 0 Å². The normalized spacial score (nSPS) is 15.4. The van der Waals surface area contributed by atoms with Crippen LogP contribution in [0.25, 0.3) is 0 Å². The van der Waals surface area contributed by atoms with Gasteiger partial charge in [-0.25, -0.2) is 4.39 Å². The van der Waals surface area contributed by atoms with E-state index >= 15 is 0 Å². The number of aliphatic hydroxyl groups is 1. The second-order valence-electron chi connectivity index (χ2n) is 5.01. The first-order chi connectivity index (χ1) is 10.0. The molecule has 1 aromatic carbocycles. The summed E-state index contributed by atoms with van der Waals surface area (Å²) in [4.78, 5) is 23.6. The lowest BCUT2D eigenvalue weighted by molar-refractivity contribution is -0.136. The number of carbonyl (C=O) groups is 2. The highest BCUT2D eigenvalue weighted by molar-refractivity contribution is 6.40. The van der Waals surface area contributed by atoms with Crippen molar-refractivity contribution in [2.45, 2.75) is 25.3 Å². The predicted octanol–water partition coefficient (Wildman–Crippen LogP) is 1.69. The van der Waals surface area contributed by atoms with Crippen molar-refractivity contribution >= 4 is 29.1 Å². The Labute approximate surface area is 126 Å². The number of benzene rings is 1. The lowest BCUT2D eigenvalue weighted by atomic mass is 10.1. The fourth-order valence-corrected chi connectivity index (χ4v) is 2.24. The van der Waals surface area contributed by atoms with E-state index in [9.17, 15) is 14.0 Å². The molecule has 114 valence electrons. The molecule has 0 heterocycles. The van der Waals surface area contributed by atoms with Crippen molar-refractivity contribution in [2.24, 2.45) is 5.92 Å². The third-order valence-corrected chi connectivity index (χ3v) is 3.62. The molecule has 1 saturated carbocycles. The van der Waals surface area contributed by atoms with Crippen LogP contribution in [0.4, 0.5) is 10.1 Å². The minimum Gasteiger partial charge on any atom is -0.396 e. The molecule has 1 aliphatic rings. The molecule has 0 radical (unpaired) electrons. The van der Waals surface area contributed by atoms with Gasteiger partial charge in [-0.15, -0.1) is 0 Å². The molecular weight excluding hydrogens is 299 g/mol. The van der Waals surface area contributed by atoms with Gasteiger partial charge in [0.1, 0.15) is 5.82 Å². The van der Waals surface area contributed by atoms with Crippen LogP contribution < -0.4 is 10.6 Å². The Bertz CT molecular complexity index is 549. The molecule has 1 unspecified atom stereocenters. The van der Waals surface area contributed by atoms with E-state index in [0.717, 1.165) is 18.9 Å². The fourth-order valence-electron chi connectivity index (χ4n) is 2.06. The average Bonchev–Trinajstić information content (AvgIpc) is 3.26. The monoisotopic (exact) mass is 314 g/mol. The van der Waals surface area contributed by atoms with Crippen LogP contribution in [-0.4, -0.2) is 29.6 Å². The van der Waals surface area contributed by atoms with E-state index in [1.807, 2.05) is 0 Å². The van der Waals surface area contributed by atoms with Crippen molar-refractivity contribution in [1.29, 1.82) is 0 Å². The number of carbonyl (C=O) groups excluding carboxylic acids is 2. The molecule has 0 aliphatic heterocycles. The van der Waals surface area contributed by atoms with E-state index in [-0.39, 0.29) is 23.4 Å². The van der Waals surface area contributed by atoms with Crippen LogP contribution in [0.2, 0.25) is 5.02 Å². The van der Waals surface area contributed by atoms with Crippen molar-refractivity contribution in [2.75, 3.05) is 11.9 Å². The smallest absolute Gasteiger partial charge is 0.313 e. The molecular formula is C14H16ClFN2O3. The van der Waals surface area contributed by atoms with Crippen LogP contribution in [0.1, 0.15) is 19.3 Å². The SMILES string of the molecule is O=C(Nc1ccc(F)c(Cl)c1)C(=O)NC(CCO)C1CC1. The number of aliphatic hydroxyl groups excluding tert-OH is 1. The van der Waals surface area contributed by atoms with Gasteiger partial charge in [-0.05, 0) is 43.4 Å². The Balaban J connectivity index is 1.92. The zero-order valence-corrected chi connectivity index (χ0v) is 12.0. The fraction of sp³-hybridized carbons (Fsp3) is 0.429. The van der Waals surface area contributed by atoms with Crippen molar-refractivity contribution in [3.8, 4) is 0 Å². The molecule has 1 fully saturated rings. The first-order valence-electron chi connectivity index (χ1n) is 6.69. The van der Waals surface area contributed by atoms with Gasteiger partial charge in [0.2, 0.25) is 0 Å². The zero-order chi connectivity index (χ0) is 15.4. The summed E-state index contributed by atoms with van der Waals surface area (Å²) in [7, 11) is 0. The van der Waals surface area contributed by atoms with Crippen LogP contribution in [0.3, 0.4) is 0 Å². The zero-order valence-electron chi connectivity index (χ0n) is 11.2. The standard InChI is InChI=1S/C14H16ClFN2O3/c15-10-7-9(3-4-11(10)16)17-13(20)14(21)18-12(5-6-19)8-1-2-8/h3-4,7-8,12,19H,1-2,5-6H2,(H,17,20)(H,18,21). The Morgan fingerprint density at radius 3 is 2.67 bits per heavy atom. The molecule has 0 saturated heterocycles. The minimum absolute atomic E-state index is 0.0450. The maximum atomic E-state index is 13.0. The highest BCUT2D eigenvalue weighted by Gasteiger charge is 2.33. The molecule has 1 atom stereocenters. The van der Waals surface area contributed by atoms with E-state index in [1.54, 1.807) is 0 Å². The highest BCUT2D eigenvalue weighted by Crippen LogP contribution is 2.33. The molecule has 2 amide bonds. The summed E-state index contributed by atoms with van der Waals surface area (Å²) in [6, 6.07) is 3.46. The molecule has 5 nitrogen and oxygen atoms in total. The van der Waals surface area contributed by atoms with Crippen molar-refractivity contribution in [3.05, 3.63) is 29.0 Å². The predicted molar refractivity (Wildman–Crippen MR) is 76.4 cm³/mol. The van der Waals surface area contributed by atoms with Crippen molar-refractivity contribution in [3.63, 3.8) is 0 Å². The summed E-state index contributed by atoms with van der Waals surface area (Å²) >= 11 is 5.60. The number of amides is 2. The van der Waals surface area contributed by atoms with Gasteiger partial charge in [-0.3, -0.25) is 9.59 Å². The number of anilines is 1. The third kappa shape index (κ3) is 4.41. The second-order valence-corrected chi connectivity index (χ2v) is 5.42. The van der Waals surface area contributed by atoms with Crippen molar-refractivity contribution < 1.29 is 19.1 Å². The van der Waals surface area contributed by atoms with Gasteiger partial charge in [-0.2, -0.15) is 0 Å². The number of rotatable bonds is 5. The van der Waals surface area contributed by atoms with Crippen LogP contribution in [0, 0.1) is 11.7 Å². The molecule has 1 aliphatic carbocycles. The van der Waals surface area contributed by atoms with Crippen LogP contribution in [0.5, 0.6) is 0 Å². The van der Waals surface area contributed by atoms with Crippen LogP contribution >= 0.6 is 11.6 Å². The van der Waals surface area contributed by atoms with E-state index < -0.39 is 17.6 Å². The summed E-state index contributed by atoms with van der Waals surface area (Å²) in [6.07, 6.45) is 2.40. The first kappa shape index (κ1) is 15.7. The van der Waals surface area contributed by atoms with Gasteiger partial charge < -0.3 is 15.7 Å². The van der Waals surface area contributed by atoms with E-state index in [4.69, 9.17) is 16.7 Å². The van der Waals surface area contributed by atoms with Gasteiger partial charge >= 0.3 is 11.8 Å². The molecule has 21 heavy (non-hydrogen) atoms. The van der Waals surface area contributed by atoms with Crippen LogP contribution in [-0.2, 0) is 9.59 Å². The first-order valence-corrected chi connectivity index (χ1v) is 7.07. The molecule has 1 aromatic rings. The Morgan fingerprint density at radius 1 is 1.38 bits per heavy atom. The number of nitrogens with one attached hydrogen (secondary N) is 2.